The largest absolute Gasteiger partial charge is 0.478 e. The fraction of sp³-hybridized carbons (Fsp3) is 0.758. The minimum Gasteiger partial charge on any atom is -0.478 e. The van der Waals surface area contributed by atoms with E-state index in [9.17, 15) is 14.4 Å². The number of carbonyl (C=O) groups is 3. The van der Waals surface area contributed by atoms with Gasteiger partial charge in [0.1, 0.15) is 5.69 Å². The lowest BCUT2D eigenvalue weighted by Gasteiger charge is -2.42. The molecule has 5 rings (SSSR count). The molecule has 4 bridgehead atoms. The number of aromatic nitrogens is 1. The number of ether oxygens (including phenoxy) is 2. The molecule has 1 aromatic heterocycles. The predicted octanol–water partition coefficient (Wildman–Crippen LogP) is 3.07. The van der Waals surface area contributed by atoms with E-state index >= 15 is 0 Å². The Morgan fingerprint density at radius 2 is 1.81 bits per heavy atom. The lowest BCUT2D eigenvalue weighted by molar-refractivity contribution is -0.139. The number of rotatable bonds is 5. The first kappa shape index (κ1) is 31.7. The first-order valence-electron chi connectivity index (χ1n) is 16.6. The summed E-state index contributed by atoms with van der Waals surface area (Å²) in [5.74, 6) is 2.33. The number of pyridine rings is 1. The summed E-state index contributed by atoms with van der Waals surface area (Å²) in [4.78, 5) is 50.9. The Morgan fingerprint density at radius 3 is 2.63 bits per heavy atom. The van der Waals surface area contributed by atoms with Gasteiger partial charge in [-0.2, -0.15) is 0 Å². The number of hydrogen-bond acceptors (Lipinski definition) is 7. The van der Waals surface area contributed by atoms with Gasteiger partial charge in [-0.25, -0.2) is 4.98 Å². The Labute approximate surface area is 256 Å². The van der Waals surface area contributed by atoms with Crippen LogP contribution in [0.1, 0.15) is 69.3 Å². The van der Waals surface area contributed by atoms with Gasteiger partial charge in [0.2, 0.25) is 17.7 Å². The second kappa shape index (κ2) is 15.3. The first-order chi connectivity index (χ1) is 20.9. The molecule has 0 aromatic carbocycles. The minimum atomic E-state index is -0.196. The highest BCUT2D eigenvalue weighted by atomic mass is 16.5. The fourth-order valence-corrected chi connectivity index (χ4v) is 7.22. The van der Waals surface area contributed by atoms with Gasteiger partial charge in [-0.1, -0.05) is 19.9 Å². The molecule has 3 fully saturated rings. The molecule has 1 aromatic rings. The lowest BCUT2D eigenvalue weighted by Crippen LogP contribution is -2.48. The van der Waals surface area contributed by atoms with Crippen molar-refractivity contribution >= 4 is 17.7 Å². The Hall–Kier alpha value is -2.72. The van der Waals surface area contributed by atoms with Crippen LogP contribution in [0, 0.1) is 29.6 Å². The van der Waals surface area contributed by atoms with Crippen molar-refractivity contribution in [2.45, 2.75) is 58.8 Å². The van der Waals surface area contributed by atoms with Gasteiger partial charge in [0, 0.05) is 58.2 Å². The van der Waals surface area contributed by atoms with E-state index in [0.717, 1.165) is 45.3 Å². The van der Waals surface area contributed by atoms with Crippen molar-refractivity contribution in [1.82, 2.24) is 25.0 Å². The van der Waals surface area contributed by atoms with Crippen molar-refractivity contribution in [2.75, 3.05) is 72.2 Å². The molecule has 0 spiro atoms. The molecule has 3 amide bonds. The maximum atomic E-state index is 13.8. The van der Waals surface area contributed by atoms with E-state index in [1.165, 1.54) is 6.42 Å². The normalized spacial score (nSPS) is 28.1. The van der Waals surface area contributed by atoms with Crippen LogP contribution in [0.3, 0.4) is 0 Å². The highest BCUT2D eigenvalue weighted by Crippen LogP contribution is 2.34. The van der Waals surface area contributed by atoms with Crippen molar-refractivity contribution in [1.29, 1.82) is 0 Å². The third kappa shape index (κ3) is 8.91. The van der Waals surface area contributed by atoms with Gasteiger partial charge in [-0.05, 0) is 80.8 Å². The van der Waals surface area contributed by atoms with Crippen LogP contribution in [0.25, 0.3) is 0 Å². The summed E-state index contributed by atoms with van der Waals surface area (Å²) in [5.41, 5.74) is 0.355. The van der Waals surface area contributed by atoms with Crippen LogP contribution in [0.15, 0.2) is 18.2 Å². The SMILES string of the molecule is CC(C)CCN1CC[C@H]2CC(=O)N3CC[C@@H](CC(=O)N4CCOCC4)[C@@H](CCOc4cccc(n4)C(=O)NCC[C@H]2C1)C3. The number of carbonyl (C=O) groups excluding carboxylic acids is 3. The molecule has 4 aliphatic heterocycles. The quantitative estimate of drug-likeness (QED) is 0.557. The Kier molecular flexibility index (Phi) is 11.3. The van der Waals surface area contributed by atoms with E-state index in [1.54, 1.807) is 18.2 Å². The maximum absolute atomic E-state index is 13.8. The molecule has 4 atom stereocenters. The summed E-state index contributed by atoms with van der Waals surface area (Å²) >= 11 is 0. The standard InChI is InChI=1S/C33H51N5O5/c1-24(2)7-12-36-13-8-25-21-32(40)38-14-9-26(20-31(39)37-15-18-42-19-16-37)28(23-38)10-17-43-30-5-3-4-29(35-30)33(41)34-11-6-27(25)22-36/h3-5,24-28H,6-23H2,1-2H3,(H,34,41)/t25-,26-,27-,28-/m0/s1. The van der Waals surface area contributed by atoms with Crippen molar-refractivity contribution in [3.8, 4) is 5.88 Å². The van der Waals surface area contributed by atoms with Crippen LogP contribution < -0.4 is 10.1 Å². The van der Waals surface area contributed by atoms with E-state index in [-0.39, 0.29) is 29.6 Å². The van der Waals surface area contributed by atoms with Crippen molar-refractivity contribution in [2.24, 2.45) is 29.6 Å². The third-order valence-corrected chi connectivity index (χ3v) is 9.98. The van der Waals surface area contributed by atoms with E-state index < -0.39 is 0 Å². The van der Waals surface area contributed by atoms with E-state index in [2.05, 4.69) is 33.9 Å². The molecule has 0 radical (unpaired) electrons. The van der Waals surface area contributed by atoms with E-state index in [0.29, 0.717) is 94.7 Å². The highest BCUT2D eigenvalue weighted by Gasteiger charge is 2.36. The number of nitrogens with one attached hydrogen (secondary N) is 1. The molecular formula is C33H51N5O5. The Morgan fingerprint density at radius 1 is 0.977 bits per heavy atom. The average Bonchev–Trinajstić information content (AvgIpc) is 3.01. The summed E-state index contributed by atoms with van der Waals surface area (Å²) in [6.45, 7) is 12.4. The number of amides is 3. The molecule has 0 saturated carbocycles. The van der Waals surface area contributed by atoms with Gasteiger partial charge in [0.15, 0.2) is 0 Å². The number of hydrogen-bond donors (Lipinski definition) is 1. The number of piperidine rings is 2. The molecule has 5 heterocycles. The second-order valence-corrected chi connectivity index (χ2v) is 13.4. The highest BCUT2D eigenvalue weighted by molar-refractivity contribution is 5.92. The van der Waals surface area contributed by atoms with Crippen molar-refractivity contribution in [3.63, 3.8) is 0 Å². The zero-order chi connectivity index (χ0) is 30.2. The van der Waals surface area contributed by atoms with E-state index in [4.69, 9.17) is 9.47 Å². The number of likely N-dealkylation sites (tertiary alicyclic amines) is 1. The summed E-state index contributed by atoms with van der Waals surface area (Å²) in [6, 6.07) is 5.30. The first-order valence-corrected chi connectivity index (χ1v) is 16.6. The molecule has 0 aliphatic carbocycles. The number of fused-ring (bicyclic) bond motifs is 5. The van der Waals surface area contributed by atoms with Crippen LogP contribution in [0.4, 0.5) is 0 Å². The maximum Gasteiger partial charge on any atom is 0.270 e. The van der Waals surface area contributed by atoms with E-state index in [1.807, 2.05) is 4.90 Å². The van der Waals surface area contributed by atoms with Crippen molar-refractivity contribution < 1.29 is 23.9 Å². The summed E-state index contributed by atoms with van der Waals surface area (Å²) < 4.78 is 11.5. The smallest absolute Gasteiger partial charge is 0.270 e. The van der Waals surface area contributed by atoms with Crippen LogP contribution in [-0.4, -0.2) is 110 Å². The second-order valence-electron chi connectivity index (χ2n) is 13.4. The lowest BCUT2D eigenvalue weighted by atomic mass is 9.79. The summed E-state index contributed by atoms with van der Waals surface area (Å²) in [7, 11) is 0. The van der Waals surface area contributed by atoms with Gasteiger partial charge in [-0.15, -0.1) is 0 Å². The van der Waals surface area contributed by atoms with Crippen LogP contribution in [0.2, 0.25) is 0 Å². The van der Waals surface area contributed by atoms with Gasteiger partial charge in [-0.3, -0.25) is 14.4 Å². The molecule has 43 heavy (non-hydrogen) atoms. The van der Waals surface area contributed by atoms with Crippen LogP contribution >= 0.6 is 0 Å². The molecule has 4 aliphatic rings. The zero-order valence-corrected chi connectivity index (χ0v) is 26.2. The molecule has 10 heteroatoms. The predicted molar refractivity (Wildman–Crippen MR) is 164 cm³/mol. The summed E-state index contributed by atoms with van der Waals surface area (Å²) in [6.07, 6.45) is 5.62. The fourth-order valence-electron chi connectivity index (χ4n) is 7.22. The topological polar surface area (TPSA) is 104 Å². The molecule has 10 nitrogen and oxygen atoms in total. The Bertz CT molecular complexity index is 1090. The molecule has 238 valence electrons. The average molecular weight is 598 g/mol. The van der Waals surface area contributed by atoms with Crippen molar-refractivity contribution in [3.05, 3.63) is 23.9 Å². The number of morpholine rings is 1. The van der Waals surface area contributed by atoms with Gasteiger partial charge >= 0.3 is 0 Å². The molecular weight excluding hydrogens is 546 g/mol. The molecule has 0 unspecified atom stereocenters. The Balaban J connectivity index is 1.31. The minimum absolute atomic E-state index is 0.165. The zero-order valence-electron chi connectivity index (χ0n) is 26.2. The molecule has 1 N–H and O–H groups in total. The van der Waals surface area contributed by atoms with Gasteiger partial charge < -0.3 is 29.5 Å². The van der Waals surface area contributed by atoms with Crippen LogP contribution in [0.5, 0.6) is 5.88 Å². The van der Waals surface area contributed by atoms with Gasteiger partial charge in [0.25, 0.3) is 5.91 Å². The number of nitrogens with zero attached hydrogens (tertiary/aromatic N) is 4. The van der Waals surface area contributed by atoms with Gasteiger partial charge in [0.05, 0.1) is 19.8 Å². The third-order valence-electron chi connectivity index (χ3n) is 9.98. The molecule has 3 saturated heterocycles. The van der Waals surface area contributed by atoms with Crippen LogP contribution in [-0.2, 0) is 14.3 Å². The summed E-state index contributed by atoms with van der Waals surface area (Å²) in [5, 5.41) is 3.07. The monoisotopic (exact) mass is 597 g/mol.